The fourth-order valence-electron chi connectivity index (χ4n) is 1.21. The molecule has 0 bridgehead atoms. The molecule has 1 aliphatic heterocycles. The lowest BCUT2D eigenvalue weighted by Gasteiger charge is -2.35. The van der Waals surface area contributed by atoms with Gasteiger partial charge in [0.1, 0.15) is 6.10 Å². The molecule has 4 nitrogen and oxygen atoms in total. The predicted octanol–water partition coefficient (Wildman–Crippen LogP) is -0.292. The number of methoxy groups -OCH3 is 1. The molecule has 1 rings (SSSR count). The van der Waals surface area contributed by atoms with Crippen LogP contribution in [-0.4, -0.2) is 47.8 Å². The quantitative estimate of drug-likeness (QED) is 0.596. The first kappa shape index (κ1) is 10.2. The van der Waals surface area contributed by atoms with Crippen molar-refractivity contribution in [3.63, 3.8) is 0 Å². The van der Waals surface area contributed by atoms with Crippen molar-refractivity contribution in [3.8, 4) is 0 Å². The van der Waals surface area contributed by atoms with Crippen molar-refractivity contribution in [2.75, 3.05) is 13.0 Å². The highest BCUT2D eigenvalue weighted by molar-refractivity contribution is 6.18. The summed E-state index contributed by atoms with van der Waals surface area (Å²) < 4.78 is 10.0. The average molecular weight is 197 g/mol. The SMILES string of the molecule is CO[C@H]1O[C@H](CCl)C[C@H](O)[C@H]1O. The first-order chi connectivity index (χ1) is 5.69. The van der Waals surface area contributed by atoms with Crippen LogP contribution in [0.1, 0.15) is 6.42 Å². The van der Waals surface area contributed by atoms with Crippen LogP contribution in [-0.2, 0) is 9.47 Å². The van der Waals surface area contributed by atoms with E-state index in [1.54, 1.807) is 0 Å². The Morgan fingerprint density at radius 1 is 1.58 bits per heavy atom. The van der Waals surface area contributed by atoms with Crippen LogP contribution in [0.3, 0.4) is 0 Å². The molecule has 0 aliphatic carbocycles. The maximum atomic E-state index is 9.31. The maximum Gasteiger partial charge on any atom is 0.185 e. The Labute approximate surface area is 76.0 Å². The Bertz CT molecular complexity index is 143. The van der Waals surface area contributed by atoms with Crippen LogP contribution in [0.5, 0.6) is 0 Å². The topological polar surface area (TPSA) is 58.9 Å². The average Bonchev–Trinajstić information content (AvgIpc) is 2.09. The fraction of sp³-hybridized carbons (Fsp3) is 1.00. The van der Waals surface area contributed by atoms with Gasteiger partial charge in [0.25, 0.3) is 0 Å². The summed E-state index contributed by atoms with van der Waals surface area (Å²) in [4.78, 5) is 0. The lowest BCUT2D eigenvalue weighted by molar-refractivity contribution is -0.253. The van der Waals surface area contributed by atoms with Gasteiger partial charge in [0.05, 0.1) is 12.2 Å². The minimum atomic E-state index is -0.977. The molecule has 0 spiro atoms. The van der Waals surface area contributed by atoms with Crippen molar-refractivity contribution in [2.45, 2.75) is 31.0 Å². The molecule has 0 unspecified atom stereocenters. The summed E-state index contributed by atoms with van der Waals surface area (Å²) >= 11 is 5.54. The van der Waals surface area contributed by atoms with Gasteiger partial charge in [-0.2, -0.15) is 0 Å². The minimum absolute atomic E-state index is 0.241. The summed E-state index contributed by atoms with van der Waals surface area (Å²) in [5.41, 5.74) is 0. The van der Waals surface area contributed by atoms with E-state index in [-0.39, 0.29) is 6.10 Å². The van der Waals surface area contributed by atoms with E-state index in [4.69, 9.17) is 21.1 Å². The van der Waals surface area contributed by atoms with Crippen LogP contribution in [0.15, 0.2) is 0 Å². The van der Waals surface area contributed by atoms with Gasteiger partial charge >= 0.3 is 0 Å². The molecule has 0 radical (unpaired) electrons. The standard InChI is InChI=1S/C7H13ClO4/c1-11-7-6(10)5(9)2-4(3-8)12-7/h4-7,9-10H,2-3H2,1H3/t4-,5-,6+,7-/m0/s1. The van der Waals surface area contributed by atoms with Crippen LogP contribution in [0, 0.1) is 0 Å². The van der Waals surface area contributed by atoms with Crippen LogP contribution in [0.4, 0.5) is 0 Å². The van der Waals surface area contributed by atoms with Crippen LogP contribution >= 0.6 is 11.6 Å². The molecule has 0 saturated carbocycles. The number of hydrogen-bond acceptors (Lipinski definition) is 4. The van der Waals surface area contributed by atoms with E-state index in [0.29, 0.717) is 12.3 Å². The predicted molar refractivity (Wildman–Crippen MR) is 43.0 cm³/mol. The summed E-state index contributed by atoms with van der Waals surface area (Å²) in [6, 6.07) is 0. The van der Waals surface area contributed by atoms with Gasteiger partial charge in [0, 0.05) is 19.4 Å². The zero-order chi connectivity index (χ0) is 9.14. The number of hydrogen-bond donors (Lipinski definition) is 2. The van der Waals surface area contributed by atoms with Crippen molar-refractivity contribution < 1.29 is 19.7 Å². The summed E-state index contributed by atoms with van der Waals surface area (Å²) in [6.45, 7) is 0. The second-order valence-electron chi connectivity index (χ2n) is 2.81. The molecule has 2 N–H and O–H groups in total. The molecular weight excluding hydrogens is 184 g/mol. The van der Waals surface area contributed by atoms with Gasteiger partial charge in [0.15, 0.2) is 6.29 Å². The lowest BCUT2D eigenvalue weighted by atomic mass is 10.0. The summed E-state index contributed by atoms with van der Waals surface area (Å²) in [7, 11) is 1.41. The van der Waals surface area contributed by atoms with Crippen molar-refractivity contribution >= 4 is 11.6 Å². The third kappa shape index (κ3) is 2.08. The minimum Gasteiger partial charge on any atom is -0.390 e. The number of aliphatic hydroxyl groups excluding tert-OH is 2. The molecule has 1 saturated heterocycles. The third-order valence-corrected chi connectivity index (χ3v) is 2.25. The van der Waals surface area contributed by atoms with Gasteiger partial charge in [-0.1, -0.05) is 0 Å². The first-order valence-electron chi connectivity index (χ1n) is 3.79. The van der Waals surface area contributed by atoms with Gasteiger partial charge in [-0.15, -0.1) is 11.6 Å². The number of alkyl halides is 1. The first-order valence-corrected chi connectivity index (χ1v) is 4.32. The van der Waals surface area contributed by atoms with E-state index in [2.05, 4.69) is 0 Å². The highest BCUT2D eigenvalue weighted by Gasteiger charge is 2.36. The highest BCUT2D eigenvalue weighted by Crippen LogP contribution is 2.21. The van der Waals surface area contributed by atoms with E-state index in [1.807, 2.05) is 0 Å². The van der Waals surface area contributed by atoms with E-state index in [1.165, 1.54) is 7.11 Å². The summed E-state index contributed by atoms with van der Waals surface area (Å²) in [5.74, 6) is 0.295. The van der Waals surface area contributed by atoms with Crippen molar-refractivity contribution in [1.82, 2.24) is 0 Å². The van der Waals surface area contributed by atoms with Crippen LogP contribution < -0.4 is 0 Å². The third-order valence-electron chi connectivity index (χ3n) is 1.91. The molecule has 4 atom stereocenters. The second kappa shape index (κ2) is 4.39. The summed E-state index contributed by atoms with van der Waals surface area (Å²) in [6.07, 6.45) is -2.45. The largest absolute Gasteiger partial charge is 0.390 e. The lowest BCUT2D eigenvalue weighted by Crippen LogP contribution is -2.49. The number of ether oxygens (including phenoxy) is 2. The Morgan fingerprint density at radius 3 is 2.75 bits per heavy atom. The van der Waals surface area contributed by atoms with Crippen molar-refractivity contribution in [3.05, 3.63) is 0 Å². The number of aliphatic hydroxyl groups is 2. The Balaban J connectivity index is 2.52. The van der Waals surface area contributed by atoms with Gasteiger partial charge < -0.3 is 19.7 Å². The highest BCUT2D eigenvalue weighted by atomic mass is 35.5. The molecule has 1 fully saturated rings. The molecule has 0 aromatic heterocycles. The van der Waals surface area contributed by atoms with E-state index >= 15 is 0 Å². The van der Waals surface area contributed by atoms with Gasteiger partial charge in [0.2, 0.25) is 0 Å². The van der Waals surface area contributed by atoms with Crippen LogP contribution in [0.2, 0.25) is 0 Å². The van der Waals surface area contributed by atoms with Crippen LogP contribution in [0.25, 0.3) is 0 Å². The Hall–Kier alpha value is 0.130. The molecule has 5 heteroatoms. The van der Waals surface area contributed by atoms with Gasteiger partial charge in [-0.25, -0.2) is 0 Å². The van der Waals surface area contributed by atoms with E-state index in [0.717, 1.165) is 0 Å². The van der Waals surface area contributed by atoms with E-state index < -0.39 is 18.5 Å². The molecule has 1 heterocycles. The van der Waals surface area contributed by atoms with Gasteiger partial charge in [-0.05, 0) is 0 Å². The molecule has 0 aromatic carbocycles. The normalized spacial score (nSPS) is 43.0. The smallest absolute Gasteiger partial charge is 0.185 e. The molecule has 12 heavy (non-hydrogen) atoms. The molecule has 0 aromatic rings. The zero-order valence-electron chi connectivity index (χ0n) is 6.81. The van der Waals surface area contributed by atoms with Crippen molar-refractivity contribution in [1.29, 1.82) is 0 Å². The monoisotopic (exact) mass is 196 g/mol. The van der Waals surface area contributed by atoms with Gasteiger partial charge in [-0.3, -0.25) is 0 Å². The zero-order valence-corrected chi connectivity index (χ0v) is 7.57. The Morgan fingerprint density at radius 2 is 2.25 bits per heavy atom. The number of halogens is 1. The Kier molecular flexibility index (Phi) is 3.74. The molecular formula is C7H13ClO4. The molecule has 0 amide bonds. The second-order valence-corrected chi connectivity index (χ2v) is 3.12. The van der Waals surface area contributed by atoms with Crippen molar-refractivity contribution in [2.24, 2.45) is 0 Å². The fourth-order valence-corrected chi connectivity index (χ4v) is 1.41. The number of rotatable bonds is 2. The molecule has 72 valence electrons. The van der Waals surface area contributed by atoms with E-state index in [9.17, 15) is 10.2 Å². The summed E-state index contributed by atoms with van der Waals surface area (Å²) in [5, 5.41) is 18.6. The molecule has 1 aliphatic rings. The maximum absolute atomic E-state index is 9.31.